The Morgan fingerprint density at radius 2 is 2.16 bits per heavy atom. The highest BCUT2D eigenvalue weighted by Gasteiger charge is 2.13. The van der Waals surface area contributed by atoms with Gasteiger partial charge in [0.2, 0.25) is 0 Å². The first kappa shape index (κ1) is 14.7. The fourth-order valence-electron chi connectivity index (χ4n) is 2.38. The standard InChI is InChI=1S/C14H18BrFN2S/c1-3-4-5-6-9(2)18-13-8-11(16)10(15)7-12(13)17-14(18)19/h7-9H,3-6H2,1-2H3,(H,17,19). The third kappa shape index (κ3) is 3.08. The van der Waals surface area contributed by atoms with Crippen LogP contribution in [0.25, 0.3) is 11.0 Å². The van der Waals surface area contributed by atoms with Crippen LogP contribution in [0, 0.1) is 10.6 Å². The number of imidazole rings is 1. The molecule has 0 bridgehead atoms. The lowest BCUT2D eigenvalue weighted by Crippen LogP contribution is -2.05. The predicted octanol–water partition coefficient (Wildman–Crippen LogP) is 5.74. The number of aromatic amines is 1. The summed E-state index contributed by atoms with van der Waals surface area (Å²) in [6.45, 7) is 4.33. The van der Waals surface area contributed by atoms with Gasteiger partial charge >= 0.3 is 0 Å². The molecule has 0 spiro atoms. The molecule has 2 nitrogen and oxygen atoms in total. The highest BCUT2D eigenvalue weighted by Crippen LogP contribution is 2.27. The van der Waals surface area contributed by atoms with Gasteiger partial charge in [0.25, 0.3) is 0 Å². The summed E-state index contributed by atoms with van der Waals surface area (Å²) in [7, 11) is 0. The van der Waals surface area contributed by atoms with E-state index in [1.165, 1.54) is 19.3 Å². The van der Waals surface area contributed by atoms with Gasteiger partial charge in [-0.2, -0.15) is 0 Å². The summed E-state index contributed by atoms with van der Waals surface area (Å²) in [4.78, 5) is 3.15. The summed E-state index contributed by atoms with van der Waals surface area (Å²) in [6.07, 6.45) is 4.66. The van der Waals surface area contributed by atoms with Crippen LogP contribution >= 0.6 is 28.1 Å². The molecule has 1 aromatic carbocycles. The van der Waals surface area contributed by atoms with E-state index in [1.807, 2.05) is 4.57 Å². The van der Waals surface area contributed by atoms with Gasteiger partial charge in [-0.15, -0.1) is 0 Å². The van der Waals surface area contributed by atoms with Crippen molar-refractivity contribution in [3.05, 3.63) is 27.2 Å². The van der Waals surface area contributed by atoms with Crippen molar-refractivity contribution in [2.24, 2.45) is 0 Å². The Bertz CT molecular complexity index is 632. The van der Waals surface area contributed by atoms with Crippen molar-refractivity contribution in [2.45, 2.75) is 45.6 Å². The summed E-state index contributed by atoms with van der Waals surface area (Å²) in [6, 6.07) is 3.57. The molecular weight excluding hydrogens is 327 g/mol. The van der Waals surface area contributed by atoms with E-state index >= 15 is 0 Å². The summed E-state index contributed by atoms with van der Waals surface area (Å²) in [5.74, 6) is -0.254. The number of nitrogens with zero attached hydrogens (tertiary/aromatic N) is 1. The van der Waals surface area contributed by atoms with Crippen molar-refractivity contribution >= 4 is 39.2 Å². The molecule has 0 aliphatic heterocycles. The smallest absolute Gasteiger partial charge is 0.178 e. The third-order valence-corrected chi connectivity index (χ3v) is 4.33. The Hall–Kier alpha value is -0.680. The predicted molar refractivity (Wildman–Crippen MR) is 83.6 cm³/mol. The molecule has 19 heavy (non-hydrogen) atoms. The van der Waals surface area contributed by atoms with Crippen LogP contribution in [-0.4, -0.2) is 9.55 Å². The van der Waals surface area contributed by atoms with E-state index < -0.39 is 0 Å². The summed E-state index contributed by atoms with van der Waals surface area (Å²) in [5.41, 5.74) is 1.72. The van der Waals surface area contributed by atoms with E-state index in [0.29, 0.717) is 9.24 Å². The second-order valence-electron chi connectivity index (χ2n) is 4.93. The monoisotopic (exact) mass is 344 g/mol. The number of H-pyrrole nitrogens is 1. The van der Waals surface area contributed by atoms with Gasteiger partial charge in [-0.1, -0.05) is 26.2 Å². The lowest BCUT2D eigenvalue weighted by molar-refractivity contribution is 0.482. The van der Waals surface area contributed by atoms with Crippen molar-refractivity contribution in [3.63, 3.8) is 0 Å². The quantitative estimate of drug-likeness (QED) is 0.541. The molecule has 1 unspecified atom stereocenters. The average Bonchev–Trinajstić information content (AvgIpc) is 2.65. The van der Waals surface area contributed by atoms with E-state index in [9.17, 15) is 4.39 Å². The van der Waals surface area contributed by atoms with Gasteiger partial charge in [0.05, 0.1) is 15.5 Å². The molecule has 0 aliphatic rings. The number of hydrogen-bond acceptors (Lipinski definition) is 1. The highest BCUT2D eigenvalue weighted by atomic mass is 79.9. The first-order chi connectivity index (χ1) is 9.04. The van der Waals surface area contributed by atoms with Crippen molar-refractivity contribution in [1.82, 2.24) is 9.55 Å². The van der Waals surface area contributed by atoms with Crippen LogP contribution in [-0.2, 0) is 0 Å². The Labute approximate surface area is 126 Å². The Balaban J connectivity index is 2.39. The van der Waals surface area contributed by atoms with Crippen LogP contribution < -0.4 is 0 Å². The van der Waals surface area contributed by atoms with Gasteiger partial charge < -0.3 is 9.55 Å². The number of nitrogens with one attached hydrogen (secondary N) is 1. The maximum absolute atomic E-state index is 13.7. The molecule has 1 heterocycles. The van der Waals surface area contributed by atoms with Crippen molar-refractivity contribution in [3.8, 4) is 0 Å². The van der Waals surface area contributed by atoms with Gasteiger partial charge in [0.15, 0.2) is 4.77 Å². The molecule has 0 aliphatic carbocycles. The van der Waals surface area contributed by atoms with Crippen molar-refractivity contribution in [2.75, 3.05) is 0 Å². The molecule has 0 radical (unpaired) electrons. The Morgan fingerprint density at radius 1 is 1.42 bits per heavy atom. The van der Waals surface area contributed by atoms with Gasteiger partial charge in [-0.05, 0) is 47.6 Å². The fraction of sp³-hybridized carbons (Fsp3) is 0.500. The largest absolute Gasteiger partial charge is 0.331 e. The van der Waals surface area contributed by atoms with Gasteiger partial charge in [-0.25, -0.2) is 4.39 Å². The van der Waals surface area contributed by atoms with E-state index in [-0.39, 0.29) is 11.9 Å². The molecule has 2 rings (SSSR count). The zero-order chi connectivity index (χ0) is 14.0. The molecule has 0 saturated heterocycles. The first-order valence-corrected chi connectivity index (χ1v) is 7.84. The number of aromatic nitrogens is 2. The molecule has 0 saturated carbocycles. The maximum Gasteiger partial charge on any atom is 0.178 e. The maximum atomic E-state index is 13.7. The van der Waals surface area contributed by atoms with E-state index in [0.717, 1.165) is 17.5 Å². The highest BCUT2D eigenvalue weighted by molar-refractivity contribution is 9.10. The van der Waals surface area contributed by atoms with Gasteiger partial charge in [-0.3, -0.25) is 0 Å². The second kappa shape index (κ2) is 6.18. The molecule has 1 N–H and O–H groups in total. The van der Waals surface area contributed by atoms with Crippen LogP contribution in [0.5, 0.6) is 0 Å². The summed E-state index contributed by atoms with van der Waals surface area (Å²) in [5, 5.41) is 0. The number of unbranched alkanes of at least 4 members (excludes halogenated alkanes) is 2. The van der Waals surface area contributed by atoms with Crippen LogP contribution in [0.3, 0.4) is 0 Å². The van der Waals surface area contributed by atoms with Gasteiger partial charge in [0, 0.05) is 12.1 Å². The van der Waals surface area contributed by atoms with Crippen LogP contribution in [0.2, 0.25) is 0 Å². The number of hydrogen-bond donors (Lipinski definition) is 1. The van der Waals surface area contributed by atoms with Crippen LogP contribution in [0.1, 0.15) is 45.6 Å². The zero-order valence-electron chi connectivity index (χ0n) is 11.2. The minimum absolute atomic E-state index is 0.254. The van der Waals surface area contributed by atoms with E-state index in [2.05, 4.69) is 34.8 Å². The molecule has 2 aromatic rings. The number of benzene rings is 1. The molecule has 5 heteroatoms. The minimum atomic E-state index is -0.254. The fourth-order valence-corrected chi connectivity index (χ4v) is 3.11. The number of halogens is 2. The molecule has 1 atom stereocenters. The molecule has 1 aromatic heterocycles. The Morgan fingerprint density at radius 3 is 2.84 bits per heavy atom. The van der Waals surface area contributed by atoms with Crippen molar-refractivity contribution in [1.29, 1.82) is 0 Å². The third-order valence-electron chi connectivity index (χ3n) is 3.42. The van der Waals surface area contributed by atoms with E-state index in [4.69, 9.17) is 12.2 Å². The molecular formula is C14H18BrFN2S. The average molecular weight is 345 g/mol. The normalized spacial score (nSPS) is 13.1. The second-order valence-corrected chi connectivity index (χ2v) is 6.17. The minimum Gasteiger partial charge on any atom is -0.331 e. The van der Waals surface area contributed by atoms with Gasteiger partial charge in [0.1, 0.15) is 5.82 Å². The summed E-state index contributed by atoms with van der Waals surface area (Å²) >= 11 is 8.56. The van der Waals surface area contributed by atoms with Crippen LogP contribution in [0.15, 0.2) is 16.6 Å². The molecule has 104 valence electrons. The molecule has 0 fully saturated rings. The Kier molecular flexibility index (Phi) is 4.79. The zero-order valence-corrected chi connectivity index (χ0v) is 13.6. The SMILES string of the molecule is CCCCCC(C)n1c(=S)[nH]c2cc(Br)c(F)cc21. The van der Waals surface area contributed by atoms with Crippen LogP contribution in [0.4, 0.5) is 4.39 Å². The lowest BCUT2D eigenvalue weighted by atomic mass is 10.1. The lowest BCUT2D eigenvalue weighted by Gasteiger charge is -2.14. The molecule has 0 amide bonds. The first-order valence-electron chi connectivity index (χ1n) is 6.63. The van der Waals surface area contributed by atoms with E-state index in [1.54, 1.807) is 12.1 Å². The topological polar surface area (TPSA) is 20.7 Å². The van der Waals surface area contributed by atoms with Crippen molar-refractivity contribution < 1.29 is 4.39 Å². The number of fused-ring (bicyclic) bond motifs is 1. The number of rotatable bonds is 5. The summed E-state index contributed by atoms with van der Waals surface area (Å²) < 4.78 is 16.8.